The molecule has 1 amide bonds. The summed E-state index contributed by atoms with van der Waals surface area (Å²) in [6, 6.07) is 6.26. The molecule has 134 valence electrons. The van der Waals surface area contributed by atoms with Gasteiger partial charge in [-0.15, -0.1) is 0 Å². The second-order valence-corrected chi connectivity index (χ2v) is 6.61. The summed E-state index contributed by atoms with van der Waals surface area (Å²) in [6.45, 7) is 6.69. The summed E-state index contributed by atoms with van der Waals surface area (Å²) in [5.41, 5.74) is 1.03. The van der Waals surface area contributed by atoms with Gasteiger partial charge in [-0.25, -0.2) is 4.79 Å². The molecule has 0 spiro atoms. The summed E-state index contributed by atoms with van der Waals surface area (Å²) in [5, 5.41) is 3.73. The van der Waals surface area contributed by atoms with E-state index in [-0.39, 0.29) is 6.04 Å². The Hall–Kier alpha value is -1.98. The number of halogens is 2. The second-order valence-electron chi connectivity index (χ2n) is 5.77. The maximum Gasteiger partial charge on any atom is 0.342 e. The summed E-state index contributed by atoms with van der Waals surface area (Å²) >= 11 is 12.0. The van der Waals surface area contributed by atoms with E-state index in [1.807, 2.05) is 0 Å². The molecular formula is C18H19Cl2NO4. The first-order valence-corrected chi connectivity index (χ1v) is 8.48. The first-order valence-electron chi connectivity index (χ1n) is 7.72. The highest BCUT2D eigenvalue weighted by atomic mass is 35.5. The summed E-state index contributed by atoms with van der Waals surface area (Å²) < 4.78 is 10.5. The molecule has 1 N–H and O–H groups in total. The number of hydrogen-bond acceptors (Lipinski definition) is 4. The SMILES string of the molecule is Cc1cc(C(=O)O[C@@H](C)C(=O)N[C@H](C)c2ccc(Cl)cc2Cl)c(C)o1. The number of furan rings is 1. The van der Waals surface area contributed by atoms with Crippen LogP contribution in [0.25, 0.3) is 0 Å². The van der Waals surface area contributed by atoms with Crippen LogP contribution in [0.15, 0.2) is 28.7 Å². The minimum absolute atomic E-state index is 0.311. The van der Waals surface area contributed by atoms with E-state index < -0.39 is 18.0 Å². The monoisotopic (exact) mass is 383 g/mol. The molecule has 5 nitrogen and oxygen atoms in total. The highest BCUT2D eigenvalue weighted by Gasteiger charge is 2.23. The van der Waals surface area contributed by atoms with E-state index in [9.17, 15) is 9.59 Å². The molecule has 0 saturated carbocycles. The number of amides is 1. The van der Waals surface area contributed by atoms with Crippen LogP contribution < -0.4 is 5.32 Å². The number of rotatable bonds is 5. The Kier molecular flexibility index (Phi) is 6.14. The smallest absolute Gasteiger partial charge is 0.342 e. The molecule has 1 aromatic carbocycles. The lowest BCUT2D eigenvalue weighted by Crippen LogP contribution is -2.37. The van der Waals surface area contributed by atoms with Gasteiger partial charge < -0.3 is 14.5 Å². The van der Waals surface area contributed by atoms with Gasteiger partial charge >= 0.3 is 5.97 Å². The van der Waals surface area contributed by atoms with Crippen LogP contribution in [0.5, 0.6) is 0 Å². The maximum absolute atomic E-state index is 12.3. The maximum atomic E-state index is 12.3. The number of benzene rings is 1. The van der Waals surface area contributed by atoms with Crippen molar-refractivity contribution in [3.63, 3.8) is 0 Å². The third-order valence-corrected chi connectivity index (χ3v) is 4.26. The van der Waals surface area contributed by atoms with Gasteiger partial charge in [0.2, 0.25) is 0 Å². The van der Waals surface area contributed by atoms with Crippen molar-refractivity contribution in [2.75, 3.05) is 0 Å². The molecule has 2 aromatic rings. The van der Waals surface area contributed by atoms with Gasteiger partial charge in [-0.1, -0.05) is 29.3 Å². The van der Waals surface area contributed by atoms with Gasteiger partial charge in [0.1, 0.15) is 17.1 Å². The third kappa shape index (κ3) is 4.77. The van der Waals surface area contributed by atoms with Crippen LogP contribution in [0.4, 0.5) is 0 Å². The zero-order valence-corrected chi connectivity index (χ0v) is 15.9. The van der Waals surface area contributed by atoms with Crippen LogP contribution in [-0.2, 0) is 9.53 Å². The first kappa shape index (κ1) is 19.3. The van der Waals surface area contributed by atoms with Gasteiger partial charge in [0.15, 0.2) is 6.10 Å². The largest absolute Gasteiger partial charge is 0.466 e. The van der Waals surface area contributed by atoms with Crippen molar-refractivity contribution in [2.24, 2.45) is 0 Å². The quantitative estimate of drug-likeness (QED) is 0.764. The summed E-state index contributed by atoms with van der Waals surface area (Å²) in [4.78, 5) is 24.4. The Morgan fingerprint density at radius 1 is 1.16 bits per heavy atom. The van der Waals surface area contributed by atoms with Crippen molar-refractivity contribution in [2.45, 2.75) is 39.8 Å². The molecule has 2 atom stereocenters. The van der Waals surface area contributed by atoms with Crippen molar-refractivity contribution < 1.29 is 18.7 Å². The van der Waals surface area contributed by atoms with Crippen LogP contribution in [0, 0.1) is 13.8 Å². The number of esters is 1. The van der Waals surface area contributed by atoms with Gasteiger partial charge in [0.25, 0.3) is 5.91 Å². The van der Waals surface area contributed by atoms with Crippen molar-refractivity contribution in [1.29, 1.82) is 0 Å². The van der Waals surface area contributed by atoms with Crippen molar-refractivity contribution in [3.05, 3.63) is 57.0 Å². The lowest BCUT2D eigenvalue weighted by atomic mass is 10.1. The van der Waals surface area contributed by atoms with Gasteiger partial charge in [-0.3, -0.25) is 4.79 Å². The van der Waals surface area contributed by atoms with E-state index in [1.165, 1.54) is 6.92 Å². The zero-order chi connectivity index (χ0) is 18.7. The van der Waals surface area contributed by atoms with E-state index in [1.54, 1.807) is 45.0 Å². The molecule has 0 aliphatic heterocycles. The second kappa shape index (κ2) is 7.93. The number of carbonyl (C=O) groups excluding carboxylic acids is 2. The fourth-order valence-corrected chi connectivity index (χ4v) is 2.94. The fraction of sp³-hybridized carbons (Fsp3) is 0.333. The standard InChI is InChI=1S/C18H19Cl2NO4/c1-9-7-15(11(3)24-9)18(23)25-12(4)17(22)21-10(2)14-6-5-13(19)8-16(14)20/h5-8,10,12H,1-4H3,(H,21,22)/t10-,12+/m1/s1. The lowest BCUT2D eigenvalue weighted by molar-refractivity contribution is -0.129. The number of ether oxygens (including phenoxy) is 1. The molecule has 7 heteroatoms. The minimum atomic E-state index is -0.962. The van der Waals surface area contributed by atoms with Gasteiger partial charge in [0.05, 0.1) is 6.04 Å². The van der Waals surface area contributed by atoms with Crippen LogP contribution in [-0.4, -0.2) is 18.0 Å². The molecule has 1 aromatic heterocycles. The first-order chi connectivity index (χ1) is 11.7. The summed E-state index contributed by atoms with van der Waals surface area (Å²) in [7, 11) is 0. The predicted molar refractivity (Wildman–Crippen MR) is 96.1 cm³/mol. The molecule has 0 aliphatic carbocycles. The topological polar surface area (TPSA) is 68.5 Å². The van der Waals surface area contributed by atoms with E-state index >= 15 is 0 Å². The summed E-state index contributed by atoms with van der Waals surface area (Å²) in [6.07, 6.45) is -0.962. The molecule has 0 saturated heterocycles. The lowest BCUT2D eigenvalue weighted by Gasteiger charge is -2.19. The van der Waals surface area contributed by atoms with Gasteiger partial charge in [-0.05, 0) is 51.5 Å². The van der Waals surface area contributed by atoms with Crippen LogP contribution >= 0.6 is 23.2 Å². The molecule has 1 heterocycles. The van der Waals surface area contributed by atoms with Crippen LogP contribution in [0.3, 0.4) is 0 Å². The van der Waals surface area contributed by atoms with Crippen molar-refractivity contribution >= 4 is 35.1 Å². The number of nitrogens with one attached hydrogen (secondary N) is 1. The van der Waals surface area contributed by atoms with E-state index in [0.29, 0.717) is 27.1 Å². The average Bonchev–Trinajstić information content (AvgIpc) is 2.85. The van der Waals surface area contributed by atoms with Crippen LogP contribution in [0.1, 0.15) is 47.3 Å². The predicted octanol–water partition coefficient (Wildman–Crippen LogP) is 4.63. The van der Waals surface area contributed by atoms with Gasteiger partial charge in [-0.2, -0.15) is 0 Å². The minimum Gasteiger partial charge on any atom is -0.466 e. The van der Waals surface area contributed by atoms with Crippen LogP contribution in [0.2, 0.25) is 10.0 Å². The number of hydrogen-bond donors (Lipinski definition) is 1. The molecule has 0 bridgehead atoms. The number of carbonyl (C=O) groups is 2. The Morgan fingerprint density at radius 2 is 1.84 bits per heavy atom. The number of aryl methyl sites for hydroxylation is 2. The Morgan fingerprint density at radius 3 is 2.40 bits per heavy atom. The molecule has 0 radical (unpaired) electrons. The van der Waals surface area contributed by atoms with E-state index in [2.05, 4.69) is 5.32 Å². The average molecular weight is 384 g/mol. The Labute approximate surface area is 156 Å². The molecule has 0 fully saturated rings. The Bertz CT molecular complexity index is 800. The Balaban J connectivity index is 2.00. The third-order valence-electron chi connectivity index (χ3n) is 3.70. The molecule has 0 unspecified atom stereocenters. The normalized spacial score (nSPS) is 13.2. The van der Waals surface area contributed by atoms with E-state index in [4.69, 9.17) is 32.4 Å². The fourth-order valence-electron chi connectivity index (χ4n) is 2.37. The molecule has 2 rings (SSSR count). The summed E-state index contributed by atoms with van der Waals surface area (Å²) in [5.74, 6) is 0.0305. The molecule has 25 heavy (non-hydrogen) atoms. The molecule has 0 aliphatic rings. The van der Waals surface area contributed by atoms with E-state index in [0.717, 1.165) is 5.56 Å². The zero-order valence-electron chi connectivity index (χ0n) is 14.4. The van der Waals surface area contributed by atoms with Crippen molar-refractivity contribution in [1.82, 2.24) is 5.32 Å². The van der Waals surface area contributed by atoms with Crippen molar-refractivity contribution in [3.8, 4) is 0 Å². The highest BCUT2D eigenvalue weighted by molar-refractivity contribution is 6.35. The highest BCUT2D eigenvalue weighted by Crippen LogP contribution is 2.26. The molecular weight excluding hydrogens is 365 g/mol. The van der Waals surface area contributed by atoms with Gasteiger partial charge in [0, 0.05) is 10.0 Å².